The molecule has 0 saturated heterocycles. The third-order valence-electron chi connectivity index (χ3n) is 6.07. The molecule has 5 rings (SSSR count). The summed E-state index contributed by atoms with van der Waals surface area (Å²) < 4.78 is 19.6. The number of pyridine rings is 1. The van der Waals surface area contributed by atoms with Gasteiger partial charge >= 0.3 is 0 Å². The second kappa shape index (κ2) is 11.6. The molecule has 7 heteroatoms. The molecule has 38 heavy (non-hydrogen) atoms. The number of carbonyl (C=O) groups is 1. The zero-order chi connectivity index (χ0) is 26.5. The van der Waals surface area contributed by atoms with Crippen LogP contribution < -0.4 is 10.1 Å². The van der Waals surface area contributed by atoms with E-state index in [9.17, 15) is 9.18 Å². The van der Waals surface area contributed by atoms with E-state index < -0.39 is 0 Å². The van der Waals surface area contributed by atoms with Gasteiger partial charge in [-0.15, -0.1) is 11.3 Å². The van der Waals surface area contributed by atoms with Gasteiger partial charge in [0.2, 0.25) is 0 Å². The van der Waals surface area contributed by atoms with Crippen molar-refractivity contribution in [1.82, 2.24) is 10.3 Å². The average Bonchev–Trinajstić information content (AvgIpc) is 3.42. The van der Waals surface area contributed by atoms with Gasteiger partial charge in [-0.25, -0.2) is 4.39 Å². The molecule has 1 amide bonds. The Balaban J connectivity index is 1.36. The number of benzene rings is 3. The van der Waals surface area contributed by atoms with Gasteiger partial charge < -0.3 is 10.1 Å². The van der Waals surface area contributed by atoms with Gasteiger partial charge in [-0.2, -0.15) is 0 Å². The highest BCUT2D eigenvalue weighted by Crippen LogP contribution is 2.41. The van der Waals surface area contributed by atoms with Crippen molar-refractivity contribution < 1.29 is 13.9 Å². The van der Waals surface area contributed by atoms with Crippen LogP contribution in [-0.4, -0.2) is 10.9 Å². The Kier molecular flexibility index (Phi) is 7.82. The Labute approximate surface area is 229 Å². The van der Waals surface area contributed by atoms with Crippen molar-refractivity contribution in [1.29, 1.82) is 0 Å². The quantitative estimate of drug-likeness (QED) is 0.215. The van der Waals surface area contributed by atoms with Gasteiger partial charge in [0.1, 0.15) is 18.2 Å². The summed E-state index contributed by atoms with van der Waals surface area (Å²) in [6, 6.07) is 23.8. The van der Waals surface area contributed by atoms with Gasteiger partial charge in [0, 0.05) is 46.1 Å². The Morgan fingerprint density at radius 2 is 1.87 bits per heavy atom. The summed E-state index contributed by atoms with van der Waals surface area (Å²) in [6.45, 7) is 2.68. The number of aryl methyl sites for hydroxylation is 1. The molecular weight excluding hydrogens is 519 g/mol. The van der Waals surface area contributed by atoms with Crippen LogP contribution >= 0.6 is 22.9 Å². The summed E-state index contributed by atoms with van der Waals surface area (Å²) in [4.78, 5) is 17.8. The first kappa shape index (κ1) is 25.6. The molecule has 2 aromatic heterocycles. The highest BCUT2D eigenvalue weighted by molar-refractivity contribution is 7.14. The monoisotopic (exact) mass is 542 g/mol. The minimum absolute atomic E-state index is 0.138. The maximum absolute atomic E-state index is 13.4. The van der Waals surface area contributed by atoms with E-state index in [1.807, 2.05) is 60.8 Å². The fourth-order valence-corrected chi connectivity index (χ4v) is 5.22. The third-order valence-corrected chi connectivity index (χ3v) is 7.39. The van der Waals surface area contributed by atoms with Crippen molar-refractivity contribution in [2.45, 2.75) is 20.1 Å². The van der Waals surface area contributed by atoms with Crippen molar-refractivity contribution in [2.24, 2.45) is 0 Å². The molecule has 0 bridgehead atoms. The number of hydrogen-bond donors (Lipinski definition) is 1. The predicted molar refractivity (Wildman–Crippen MR) is 151 cm³/mol. The SMILES string of the molecule is Cc1ccc(OCc2ccc(F)cc2Cl)c(-c2ccsc2-c2ccc(C(=O)NCc3cccnc3)cc2)c1. The van der Waals surface area contributed by atoms with E-state index in [2.05, 4.69) is 22.4 Å². The summed E-state index contributed by atoms with van der Waals surface area (Å²) >= 11 is 7.83. The molecule has 0 saturated carbocycles. The molecule has 4 nitrogen and oxygen atoms in total. The Morgan fingerprint density at radius 3 is 2.63 bits per heavy atom. The van der Waals surface area contributed by atoms with E-state index in [0.29, 0.717) is 28.4 Å². The fraction of sp³-hybridized carbons (Fsp3) is 0.0968. The molecule has 0 aliphatic rings. The number of nitrogens with one attached hydrogen (secondary N) is 1. The maximum Gasteiger partial charge on any atom is 0.251 e. The number of nitrogens with zero attached hydrogens (tertiary/aromatic N) is 1. The zero-order valence-corrected chi connectivity index (χ0v) is 22.2. The van der Waals surface area contributed by atoms with Gasteiger partial charge in [0.15, 0.2) is 0 Å². The molecule has 2 heterocycles. The number of halogens is 2. The number of carbonyl (C=O) groups excluding carboxylic acids is 1. The van der Waals surface area contributed by atoms with Crippen molar-refractivity contribution >= 4 is 28.8 Å². The maximum atomic E-state index is 13.4. The average molecular weight is 543 g/mol. The molecule has 190 valence electrons. The summed E-state index contributed by atoms with van der Waals surface area (Å²) in [6.07, 6.45) is 3.44. The molecule has 1 N–H and O–H groups in total. The van der Waals surface area contributed by atoms with Gasteiger partial charge in [0.25, 0.3) is 5.91 Å². The molecule has 3 aromatic carbocycles. The van der Waals surface area contributed by atoms with E-state index in [4.69, 9.17) is 16.3 Å². The molecule has 0 atom stereocenters. The number of amides is 1. The molecule has 0 spiro atoms. The van der Waals surface area contributed by atoms with Crippen molar-refractivity contribution in [2.75, 3.05) is 0 Å². The number of rotatable bonds is 8. The molecule has 5 aromatic rings. The van der Waals surface area contributed by atoms with E-state index in [1.54, 1.807) is 29.8 Å². The number of ether oxygens (including phenoxy) is 1. The summed E-state index contributed by atoms with van der Waals surface area (Å²) in [5.41, 5.74) is 6.34. The second-order valence-corrected chi connectivity index (χ2v) is 10.1. The topological polar surface area (TPSA) is 51.2 Å². The first-order valence-corrected chi connectivity index (χ1v) is 13.3. The molecule has 0 unspecified atom stereocenters. The molecule has 0 aliphatic carbocycles. The fourth-order valence-electron chi connectivity index (χ4n) is 4.08. The number of aromatic nitrogens is 1. The minimum Gasteiger partial charge on any atom is -0.488 e. The summed E-state index contributed by atoms with van der Waals surface area (Å²) in [7, 11) is 0. The van der Waals surface area contributed by atoms with Crippen LogP contribution in [0.2, 0.25) is 5.02 Å². The first-order valence-electron chi connectivity index (χ1n) is 12.0. The van der Waals surface area contributed by atoms with Crippen LogP contribution in [0.1, 0.15) is 27.0 Å². The van der Waals surface area contributed by atoms with E-state index in [-0.39, 0.29) is 18.3 Å². The van der Waals surface area contributed by atoms with Crippen LogP contribution in [0.3, 0.4) is 0 Å². The lowest BCUT2D eigenvalue weighted by Gasteiger charge is -2.14. The predicted octanol–water partition coefficient (Wildman–Crippen LogP) is 8.09. The van der Waals surface area contributed by atoms with Crippen LogP contribution in [-0.2, 0) is 13.2 Å². The van der Waals surface area contributed by atoms with Gasteiger partial charge in [-0.3, -0.25) is 9.78 Å². The largest absolute Gasteiger partial charge is 0.488 e. The number of thiophene rings is 1. The van der Waals surface area contributed by atoms with Crippen LogP contribution in [0.4, 0.5) is 4.39 Å². The van der Waals surface area contributed by atoms with Crippen LogP contribution in [0.25, 0.3) is 21.6 Å². The smallest absolute Gasteiger partial charge is 0.251 e. The van der Waals surface area contributed by atoms with Crippen molar-refractivity contribution in [3.05, 3.63) is 130 Å². The Morgan fingerprint density at radius 1 is 1.03 bits per heavy atom. The summed E-state index contributed by atoms with van der Waals surface area (Å²) in [5.74, 6) is 0.192. The van der Waals surface area contributed by atoms with Crippen molar-refractivity contribution in [3.63, 3.8) is 0 Å². The molecule has 0 fully saturated rings. The molecule has 0 radical (unpaired) electrons. The zero-order valence-electron chi connectivity index (χ0n) is 20.6. The van der Waals surface area contributed by atoms with E-state index in [1.165, 1.54) is 12.1 Å². The van der Waals surface area contributed by atoms with Gasteiger partial charge in [-0.1, -0.05) is 47.5 Å². The third kappa shape index (κ3) is 5.93. The lowest BCUT2D eigenvalue weighted by Crippen LogP contribution is -2.22. The Bertz CT molecular complexity index is 1570. The standard InChI is InChI=1S/C31H24ClFN2O2S/c1-20-4-11-29(37-19-24-9-10-25(33)16-28(24)32)27(15-20)26-12-14-38-30(26)22-5-7-23(8-6-22)31(36)35-18-21-3-2-13-34-17-21/h2-17H,18-19H2,1H3,(H,35,36). The molecule has 0 aliphatic heterocycles. The highest BCUT2D eigenvalue weighted by atomic mass is 35.5. The van der Waals surface area contributed by atoms with Crippen LogP contribution in [0.15, 0.2) is 96.6 Å². The second-order valence-electron chi connectivity index (χ2n) is 8.81. The van der Waals surface area contributed by atoms with Crippen LogP contribution in [0, 0.1) is 12.7 Å². The van der Waals surface area contributed by atoms with Crippen LogP contribution in [0.5, 0.6) is 5.75 Å². The number of hydrogen-bond acceptors (Lipinski definition) is 4. The normalized spacial score (nSPS) is 10.8. The first-order chi connectivity index (χ1) is 18.5. The minimum atomic E-state index is -0.380. The highest BCUT2D eigenvalue weighted by Gasteiger charge is 2.16. The summed E-state index contributed by atoms with van der Waals surface area (Å²) in [5, 5.41) is 5.31. The lowest BCUT2D eigenvalue weighted by molar-refractivity contribution is 0.0951. The van der Waals surface area contributed by atoms with E-state index in [0.717, 1.165) is 32.7 Å². The van der Waals surface area contributed by atoms with Gasteiger partial charge in [-0.05, 0) is 72.0 Å². The van der Waals surface area contributed by atoms with E-state index >= 15 is 0 Å². The lowest BCUT2D eigenvalue weighted by atomic mass is 9.99. The molecular formula is C31H24ClFN2O2S. The Hall–Kier alpha value is -4.00. The van der Waals surface area contributed by atoms with Gasteiger partial charge in [0.05, 0.1) is 5.02 Å². The van der Waals surface area contributed by atoms with Crippen molar-refractivity contribution in [3.8, 4) is 27.3 Å².